The van der Waals surface area contributed by atoms with Crippen molar-refractivity contribution in [1.82, 2.24) is 0 Å². The monoisotopic (exact) mass is 321 g/mol. The second-order valence-electron chi connectivity index (χ2n) is 4.73. The number of aryl methyl sites for hydroxylation is 1. The predicted molar refractivity (Wildman–Crippen MR) is 88.0 cm³/mol. The van der Waals surface area contributed by atoms with E-state index >= 15 is 0 Å². The molecule has 1 aromatic heterocycles. The van der Waals surface area contributed by atoms with Gasteiger partial charge < -0.3 is 18.8 Å². The molecule has 0 fully saturated rings. The van der Waals surface area contributed by atoms with E-state index in [-0.39, 0.29) is 0 Å². The molecule has 0 saturated heterocycles. The van der Waals surface area contributed by atoms with Crippen molar-refractivity contribution in [1.29, 1.82) is 0 Å². The minimum Gasteiger partial charge on any atom is -0.465 e. The molecular weight excluding hydrogens is 301 g/mol. The molecule has 1 heterocycles. The molecule has 0 bridgehead atoms. The van der Waals surface area contributed by atoms with Crippen LogP contribution in [0.4, 0.5) is 5.69 Å². The topological polar surface area (TPSA) is 60.7 Å². The lowest BCUT2D eigenvalue weighted by molar-refractivity contribution is 0.272. The van der Waals surface area contributed by atoms with Gasteiger partial charge in [-0.2, -0.15) is 0 Å². The molecule has 0 aliphatic rings. The largest absolute Gasteiger partial charge is 0.465 e. The van der Waals surface area contributed by atoms with Gasteiger partial charge in [-0.05, 0) is 43.3 Å². The highest BCUT2D eigenvalue weighted by molar-refractivity contribution is 7.55. The zero-order chi connectivity index (χ0) is 16.0. The van der Waals surface area contributed by atoms with Crippen LogP contribution in [0.25, 0.3) is 6.08 Å². The molecule has 1 N–H and O–H groups in total. The first-order valence-electron chi connectivity index (χ1n) is 6.83. The summed E-state index contributed by atoms with van der Waals surface area (Å²) in [6, 6.07) is 11.4. The van der Waals surface area contributed by atoms with E-state index in [1.54, 1.807) is 24.5 Å². The van der Waals surface area contributed by atoms with Crippen molar-refractivity contribution in [3.63, 3.8) is 0 Å². The van der Waals surface area contributed by atoms with E-state index in [1.807, 2.05) is 37.3 Å². The standard InChI is InChI=1S/C16H20NO4P/c1-13-6-8-14(9-7-13)17-16(22(18,19-2)20-3)11-10-15-5-4-12-21-15/h4-12,16-17H,1-3H3/b11-10+. The molecule has 118 valence electrons. The van der Waals surface area contributed by atoms with Gasteiger partial charge in [-0.1, -0.05) is 17.7 Å². The van der Waals surface area contributed by atoms with Crippen LogP contribution in [0.3, 0.4) is 0 Å². The highest BCUT2D eigenvalue weighted by atomic mass is 31.2. The third-order valence-electron chi connectivity index (χ3n) is 3.20. The minimum atomic E-state index is -3.33. The first kappa shape index (κ1) is 16.6. The molecule has 1 atom stereocenters. The fourth-order valence-electron chi connectivity index (χ4n) is 1.93. The van der Waals surface area contributed by atoms with Crippen molar-refractivity contribution in [2.75, 3.05) is 19.5 Å². The van der Waals surface area contributed by atoms with Gasteiger partial charge in [-0.25, -0.2) is 0 Å². The Bertz CT molecular complexity index is 641. The summed E-state index contributed by atoms with van der Waals surface area (Å²) in [5.41, 5.74) is 1.98. The van der Waals surface area contributed by atoms with Crippen molar-refractivity contribution in [2.24, 2.45) is 0 Å². The molecule has 0 aliphatic carbocycles. The van der Waals surface area contributed by atoms with Crippen molar-refractivity contribution in [3.05, 3.63) is 60.1 Å². The summed E-state index contributed by atoms with van der Waals surface area (Å²) >= 11 is 0. The number of hydrogen-bond acceptors (Lipinski definition) is 5. The summed E-state index contributed by atoms with van der Waals surface area (Å²) in [5.74, 6) is 0.0322. The zero-order valence-electron chi connectivity index (χ0n) is 12.9. The van der Waals surface area contributed by atoms with E-state index in [9.17, 15) is 4.57 Å². The van der Waals surface area contributed by atoms with Crippen LogP contribution in [0.1, 0.15) is 11.3 Å². The van der Waals surface area contributed by atoms with Gasteiger partial charge in [0.15, 0.2) is 0 Å². The SMILES string of the molecule is COP(=O)(OC)C(/C=C/c1ccco1)Nc1ccc(C)cc1. The summed E-state index contributed by atoms with van der Waals surface area (Å²) in [4.78, 5) is 0. The highest BCUT2D eigenvalue weighted by Crippen LogP contribution is 2.52. The predicted octanol–water partition coefficient (Wildman–Crippen LogP) is 4.53. The van der Waals surface area contributed by atoms with Crippen LogP contribution in [-0.2, 0) is 13.6 Å². The molecule has 6 heteroatoms. The van der Waals surface area contributed by atoms with Gasteiger partial charge in [0.1, 0.15) is 11.5 Å². The van der Waals surface area contributed by atoms with E-state index < -0.39 is 13.4 Å². The van der Waals surface area contributed by atoms with E-state index in [2.05, 4.69) is 5.32 Å². The van der Waals surface area contributed by atoms with Crippen LogP contribution in [0.2, 0.25) is 0 Å². The third-order valence-corrected chi connectivity index (χ3v) is 5.20. The van der Waals surface area contributed by atoms with Crippen LogP contribution in [0.15, 0.2) is 53.2 Å². The van der Waals surface area contributed by atoms with Crippen molar-refractivity contribution < 1.29 is 18.0 Å². The van der Waals surface area contributed by atoms with Gasteiger partial charge in [-0.3, -0.25) is 4.57 Å². The Labute approximate surface area is 130 Å². The molecule has 1 aromatic carbocycles. The lowest BCUT2D eigenvalue weighted by Crippen LogP contribution is -2.19. The molecule has 0 aliphatic heterocycles. The number of anilines is 1. The summed E-state index contributed by atoms with van der Waals surface area (Å²) in [6.45, 7) is 2.01. The fraction of sp³-hybridized carbons (Fsp3) is 0.250. The fourth-order valence-corrected chi connectivity index (χ4v) is 3.13. The Morgan fingerprint density at radius 1 is 1.18 bits per heavy atom. The number of hydrogen-bond donors (Lipinski definition) is 1. The van der Waals surface area contributed by atoms with E-state index in [0.29, 0.717) is 5.76 Å². The lowest BCUT2D eigenvalue weighted by atomic mass is 10.2. The molecule has 2 rings (SSSR count). The zero-order valence-corrected chi connectivity index (χ0v) is 13.7. The Hall–Kier alpha value is -1.81. The summed E-state index contributed by atoms with van der Waals surface area (Å²) in [7, 11) is -0.587. The summed E-state index contributed by atoms with van der Waals surface area (Å²) in [5, 5.41) is 3.17. The molecule has 0 radical (unpaired) electrons. The van der Waals surface area contributed by atoms with Gasteiger partial charge >= 0.3 is 7.60 Å². The Balaban J connectivity index is 2.24. The van der Waals surface area contributed by atoms with Crippen LogP contribution >= 0.6 is 7.60 Å². The number of nitrogens with one attached hydrogen (secondary N) is 1. The number of rotatable bonds is 7. The molecular formula is C16H20NO4P. The van der Waals surface area contributed by atoms with E-state index in [1.165, 1.54) is 14.2 Å². The highest BCUT2D eigenvalue weighted by Gasteiger charge is 2.32. The van der Waals surface area contributed by atoms with Gasteiger partial charge in [0.05, 0.1) is 6.26 Å². The normalized spacial score (nSPS) is 13.4. The summed E-state index contributed by atoms with van der Waals surface area (Å²) < 4.78 is 28.1. The summed E-state index contributed by atoms with van der Waals surface area (Å²) in [6.07, 6.45) is 5.03. The number of benzene rings is 1. The maximum Gasteiger partial charge on any atom is 0.356 e. The Morgan fingerprint density at radius 3 is 2.41 bits per heavy atom. The van der Waals surface area contributed by atoms with Gasteiger partial charge in [-0.15, -0.1) is 0 Å². The van der Waals surface area contributed by atoms with Crippen molar-refractivity contribution in [3.8, 4) is 0 Å². The minimum absolute atomic E-state index is 0.629. The first-order chi connectivity index (χ1) is 10.6. The first-order valence-corrected chi connectivity index (χ1v) is 8.44. The maximum absolute atomic E-state index is 12.7. The van der Waals surface area contributed by atoms with E-state index in [0.717, 1.165) is 11.3 Å². The molecule has 0 saturated carbocycles. The molecule has 5 nitrogen and oxygen atoms in total. The quantitative estimate of drug-likeness (QED) is 0.759. The molecule has 0 spiro atoms. The molecule has 0 amide bonds. The average Bonchev–Trinajstić information content (AvgIpc) is 3.06. The van der Waals surface area contributed by atoms with Crippen LogP contribution in [0.5, 0.6) is 0 Å². The lowest BCUT2D eigenvalue weighted by Gasteiger charge is -2.23. The van der Waals surface area contributed by atoms with Crippen LogP contribution in [-0.4, -0.2) is 20.0 Å². The molecule has 1 unspecified atom stereocenters. The van der Waals surface area contributed by atoms with E-state index in [4.69, 9.17) is 13.5 Å². The molecule has 2 aromatic rings. The van der Waals surface area contributed by atoms with Crippen LogP contribution in [0, 0.1) is 6.92 Å². The Kier molecular flexibility index (Phi) is 5.61. The van der Waals surface area contributed by atoms with Crippen molar-refractivity contribution in [2.45, 2.75) is 12.7 Å². The van der Waals surface area contributed by atoms with Crippen molar-refractivity contribution >= 4 is 19.4 Å². The Morgan fingerprint density at radius 2 is 1.86 bits per heavy atom. The smallest absolute Gasteiger partial charge is 0.356 e. The van der Waals surface area contributed by atoms with Gasteiger partial charge in [0, 0.05) is 19.9 Å². The maximum atomic E-state index is 12.7. The molecule has 22 heavy (non-hydrogen) atoms. The second-order valence-corrected chi connectivity index (χ2v) is 7.10. The van der Waals surface area contributed by atoms with Gasteiger partial charge in [0.25, 0.3) is 0 Å². The number of furan rings is 1. The average molecular weight is 321 g/mol. The third kappa shape index (κ3) is 4.10. The second kappa shape index (κ2) is 7.45. The van der Waals surface area contributed by atoms with Gasteiger partial charge in [0.2, 0.25) is 0 Å². The van der Waals surface area contributed by atoms with Crippen LogP contribution < -0.4 is 5.32 Å².